The van der Waals surface area contributed by atoms with Crippen LogP contribution in [0.4, 0.5) is 0 Å². The summed E-state index contributed by atoms with van der Waals surface area (Å²) in [6.07, 6.45) is 3.57. The molecule has 0 fully saturated rings. The van der Waals surface area contributed by atoms with E-state index in [1.807, 2.05) is 38.1 Å². The summed E-state index contributed by atoms with van der Waals surface area (Å²) in [7, 11) is 2.66. The van der Waals surface area contributed by atoms with Gasteiger partial charge in [-0.3, -0.25) is 4.79 Å². The van der Waals surface area contributed by atoms with Gasteiger partial charge in [0, 0.05) is 5.56 Å². The second-order valence-corrected chi connectivity index (χ2v) is 7.48. The van der Waals surface area contributed by atoms with Gasteiger partial charge >= 0.3 is 18.9 Å². The maximum absolute atomic E-state index is 13.2. The van der Waals surface area contributed by atoms with E-state index in [2.05, 4.69) is 35.2 Å². The Labute approximate surface area is 172 Å². The van der Waals surface area contributed by atoms with Gasteiger partial charge in [-0.1, -0.05) is 49.6 Å². The number of aryl methyl sites for hydroxylation is 3. The molecular formula is C22H30LiO2P. The third kappa shape index (κ3) is 6.28. The third-order valence-electron chi connectivity index (χ3n) is 4.44. The van der Waals surface area contributed by atoms with E-state index in [1.165, 1.54) is 5.56 Å². The second-order valence-electron chi connectivity index (χ2n) is 6.81. The quantitative estimate of drug-likeness (QED) is 0.294. The first kappa shape index (κ1) is 23.0. The Morgan fingerprint density at radius 2 is 1.62 bits per heavy atom. The summed E-state index contributed by atoms with van der Waals surface area (Å²) in [5.41, 5.74) is 4.07. The summed E-state index contributed by atoms with van der Waals surface area (Å²) in [6, 6.07) is 12.0. The van der Waals surface area contributed by atoms with Crippen LogP contribution in [0.5, 0.6) is 5.75 Å². The normalized spacial score (nSPS) is 11.6. The van der Waals surface area contributed by atoms with Crippen molar-refractivity contribution in [2.24, 2.45) is 0 Å². The van der Waals surface area contributed by atoms with E-state index in [-0.39, 0.29) is 24.6 Å². The van der Waals surface area contributed by atoms with Gasteiger partial charge in [0.05, 0.1) is 0 Å². The fourth-order valence-electron chi connectivity index (χ4n) is 3.26. The number of carbonyl (C=O) groups excluding carboxylic acids is 1. The summed E-state index contributed by atoms with van der Waals surface area (Å²) < 4.78 is 6.11. The molecular weight excluding hydrogens is 334 g/mol. The molecule has 0 aromatic heterocycles. The van der Waals surface area contributed by atoms with Gasteiger partial charge in [-0.25, -0.2) is 0 Å². The average Bonchev–Trinajstić information content (AvgIpc) is 2.55. The first-order valence-electron chi connectivity index (χ1n) is 9.06. The molecule has 0 aliphatic carbocycles. The van der Waals surface area contributed by atoms with E-state index in [4.69, 9.17) is 4.74 Å². The maximum atomic E-state index is 13.2. The zero-order valence-corrected chi connectivity index (χ0v) is 16.9. The van der Waals surface area contributed by atoms with Crippen LogP contribution in [-0.4, -0.2) is 30.7 Å². The van der Waals surface area contributed by atoms with Crippen molar-refractivity contribution >= 4 is 39.2 Å². The molecule has 0 saturated heterocycles. The van der Waals surface area contributed by atoms with Crippen molar-refractivity contribution in [3.63, 3.8) is 0 Å². The van der Waals surface area contributed by atoms with Crippen molar-refractivity contribution in [3.8, 4) is 5.75 Å². The summed E-state index contributed by atoms with van der Waals surface area (Å²) >= 11 is 0. The van der Waals surface area contributed by atoms with Crippen LogP contribution in [0.3, 0.4) is 0 Å². The van der Waals surface area contributed by atoms with Gasteiger partial charge in [0.1, 0.15) is 5.75 Å². The predicted molar refractivity (Wildman–Crippen MR) is 116 cm³/mol. The first-order valence-corrected chi connectivity index (χ1v) is 9.64. The Balaban J connectivity index is 0.00000338. The summed E-state index contributed by atoms with van der Waals surface area (Å²) in [5.74, 6) is 0.851. The number of benzene rings is 2. The van der Waals surface area contributed by atoms with Gasteiger partial charge in [-0.05, 0) is 62.2 Å². The minimum absolute atomic E-state index is 0. The standard InChI is InChI=1S/C22H29O2P.Li.H/c1-5-6-7-8-20(24-18-9-11-19(25)12-10-18)22(23)21-16(3)13-15(2)14-17(21)4;;/h9-14,20H,5-8,25H2,1-4H3;;. The molecule has 136 valence electrons. The predicted octanol–water partition coefficient (Wildman–Crippen LogP) is 4.67. The molecule has 2 aromatic rings. The van der Waals surface area contributed by atoms with Crippen molar-refractivity contribution in [1.82, 2.24) is 0 Å². The SMILES string of the molecule is CCCCCC(Oc1ccc(P)cc1)C(=O)c1c(C)cc(C)cc1C.[LiH]. The van der Waals surface area contributed by atoms with Crippen molar-refractivity contribution in [2.75, 3.05) is 0 Å². The Morgan fingerprint density at radius 1 is 1.04 bits per heavy atom. The van der Waals surface area contributed by atoms with Gasteiger partial charge in [-0.2, -0.15) is 0 Å². The van der Waals surface area contributed by atoms with Gasteiger partial charge in [0.25, 0.3) is 0 Å². The molecule has 2 nitrogen and oxygen atoms in total. The van der Waals surface area contributed by atoms with E-state index in [1.54, 1.807) is 0 Å². The molecule has 2 unspecified atom stereocenters. The molecule has 2 aromatic carbocycles. The topological polar surface area (TPSA) is 26.3 Å². The minimum atomic E-state index is -0.429. The molecule has 2 atom stereocenters. The van der Waals surface area contributed by atoms with Crippen LogP contribution in [0.2, 0.25) is 0 Å². The van der Waals surface area contributed by atoms with E-state index in [0.29, 0.717) is 0 Å². The Morgan fingerprint density at radius 3 is 2.15 bits per heavy atom. The Hall–Kier alpha value is -1.06. The number of ether oxygens (including phenoxy) is 1. The monoisotopic (exact) mass is 364 g/mol. The van der Waals surface area contributed by atoms with E-state index in [0.717, 1.165) is 53.4 Å². The van der Waals surface area contributed by atoms with Crippen LogP contribution in [0.1, 0.15) is 59.7 Å². The number of hydrogen-bond donors (Lipinski definition) is 0. The summed E-state index contributed by atoms with van der Waals surface area (Å²) in [6.45, 7) is 8.26. The van der Waals surface area contributed by atoms with Crippen LogP contribution in [0.15, 0.2) is 36.4 Å². The third-order valence-corrected chi connectivity index (χ3v) is 4.83. The number of carbonyl (C=O) groups is 1. The molecule has 2 rings (SSSR count). The summed E-state index contributed by atoms with van der Waals surface area (Å²) in [5, 5.41) is 1.10. The number of ketones is 1. The second kappa shape index (κ2) is 10.9. The van der Waals surface area contributed by atoms with E-state index in [9.17, 15) is 4.79 Å². The average molecular weight is 364 g/mol. The molecule has 26 heavy (non-hydrogen) atoms. The van der Waals surface area contributed by atoms with Crippen LogP contribution in [0.25, 0.3) is 0 Å². The van der Waals surface area contributed by atoms with Gasteiger partial charge in [0.2, 0.25) is 5.78 Å². The fraction of sp³-hybridized carbons (Fsp3) is 0.409. The van der Waals surface area contributed by atoms with E-state index >= 15 is 0 Å². The van der Waals surface area contributed by atoms with Crippen molar-refractivity contribution in [1.29, 1.82) is 0 Å². The molecule has 4 heteroatoms. The molecule has 0 saturated carbocycles. The molecule has 0 aliphatic rings. The molecule has 0 aliphatic heterocycles. The molecule has 0 N–H and O–H groups in total. The van der Waals surface area contributed by atoms with E-state index < -0.39 is 6.10 Å². The van der Waals surface area contributed by atoms with Crippen LogP contribution in [0, 0.1) is 20.8 Å². The van der Waals surface area contributed by atoms with Crippen LogP contribution >= 0.6 is 9.24 Å². The van der Waals surface area contributed by atoms with Gasteiger partial charge in [0.15, 0.2) is 6.10 Å². The molecule has 0 bridgehead atoms. The van der Waals surface area contributed by atoms with Crippen molar-refractivity contribution in [2.45, 2.75) is 59.5 Å². The van der Waals surface area contributed by atoms with Gasteiger partial charge in [-0.15, -0.1) is 9.24 Å². The van der Waals surface area contributed by atoms with Crippen LogP contribution in [-0.2, 0) is 0 Å². The number of unbranched alkanes of at least 4 members (excludes halogenated alkanes) is 2. The number of hydrogen-bond acceptors (Lipinski definition) is 2. The molecule has 0 heterocycles. The number of rotatable bonds is 8. The molecule has 0 radical (unpaired) electrons. The Kier molecular flexibility index (Phi) is 9.66. The summed E-state index contributed by atoms with van der Waals surface area (Å²) in [4.78, 5) is 13.2. The molecule has 0 amide bonds. The molecule has 0 spiro atoms. The van der Waals surface area contributed by atoms with Gasteiger partial charge < -0.3 is 4.74 Å². The van der Waals surface area contributed by atoms with Crippen molar-refractivity contribution in [3.05, 3.63) is 58.7 Å². The fourth-order valence-corrected chi connectivity index (χ4v) is 3.46. The Bertz CT molecular complexity index is 702. The zero-order valence-electron chi connectivity index (χ0n) is 15.8. The van der Waals surface area contributed by atoms with Crippen molar-refractivity contribution < 1.29 is 9.53 Å². The number of Topliss-reactive ketones (excluding diaryl/α,β-unsaturated/α-hetero) is 1. The first-order chi connectivity index (χ1) is 11.9. The zero-order chi connectivity index (χ0) is 18.4. The van der Waals surface area contributed by atoms with Crippen LogP contribution < -0.4 is 10.0 Å².